The van der Waals surface area contributed by atoms with Crippen LogP contribution in [-0.2, 0) is 0 Å². The van der Waals surface area contributed by atoms with E-state index in [1.165, 1.54) is 0 Å². The summed E-state index contributed by atoms with van der Waals surface area (Å²) in [4.78, 5) is 0. The predicted octanol–water partition coefficient (Wildman–Crippen LogP) is 2.75. The Kier molecular flexibility index (Phi) is 2.65. The highest BCUT2D eigenvalue weighted by Crippen LogP contribution is 2.14. The number of allylic oxidation sites excluding steroid dienone is 4. The maximum atomic E-state index is 2.19. The zero-order valence-corrected chi connectivity index (χ0v) is 6.27. The van der Waals surface area contributed by atoms with Crippen molar-refractivity contribution in [3.63, 3.8) is 0 Å². The highest BCUT2D eigenvalue weighted by molar-refractivity contribution is 8.02. The van der Waals surface area contributed by atoms with Crippen LogP contribution < -0.4 is 0 Å². The first kappa shape index (κ1) is 6.69. The lowest BCUT2D eigenvalue weighted by Crippen LogP contribution is -1.85. The van der Waals surface area contributed by atoms with Crippen LogP contribution in [0.15, 0.2) is 35.8 Å². The summed E-state index contributed by atoms with van der Waals surface area (Å²) in [7, 11) is 0. The maximum Gasteiger partial charge on any atom is 0.0243 e. The van der Waals surface area contributed by atoms with Crippen molar-refractivity contribution in [3.8, 4) is 0 Å². The van der Waals surface area contributed by atoms with Gasteiger partial charge < -0.3 is 0 Å². The summed E-state index contributed by atoms with van der Waals surface area (Å²) in [6.07, 6.45) is 10.4. The first-order chi connectivity index (χ1) is 4.39. The fraction of sp³-hybridized carbons (Fsp3) is 0.250. The van der Waals surface area contributed by atoms with Crippen LogP contribution in [0, 0.1) is 0 Å². The summed E-state index contributed by atoms with van der Waals surface area (Å²) in [5.74, 6) is 0. The van der Waals surface area contributed by atoms with E-state index in [9.17, 15) is 0 Å². The fourth-order valence-electron chi connectivity index (χ4n) is 0.609. The van der Waals surface area contributed by atoms with Gasteiger partial charge in [0.1, 0.15) is 0 Å². The molecule has 0 nitrogen and oxygen atoms in total. The van der Waals surface area contributed by atoms with E-state index >= 15 is 0 Å². The summed E-state index contributed by atoms with van der Waals surface area (Å²) in [5.41, 5.74) is 0. The van der Waals surface area contributed by atoms with Gasteiger partial charge in [-0.1, -0.05) is 30.4 Å². The Hall–Kier alpha value is -0.430. The molecule has 0 N–H and O–H groups in total. The molecule has 1 heterocycles. The molecule has 1 heteroatoms. The SMILES string of the molecule is CC1C=CC=CC=CS1. The molecular weight excluding hydrogens is 128 g/mol. The van der Waals surface area contributed by atoms with Crippen LogP contribution in [0.5, 0.6) is 0 Å². The third-order valence-electron chi connectivity index (χ3n) is 1.09. The van der Waals surface area contributed by atoms with Crippen molar-refractivity contribution in [2.24, 2.45) is 0 Å². The third-order valence-corrected chi connectivity index (χ3v) is 1.99. The average molecular weight is 138 g/mol. The predicted molar refractivity (Wildman–Crippen MR) is 44.5 cm³/mol. The van der Waals surface area contributed by atoms with E-state index in [2.05, 4.69) is 30.6 Å². The van der Waals surface area contributed by atoms with Crippen molar-refractivity contribution >= 4 is 11.8 Å². The van der Waals surface area contributed by atoms with Crippen LogP contribution in [-0.4, -0.2) is 5.25 Å². The number of rotatable bonds is 0. The highest BCUT2D eigenvalue weighted by Gasteiger charge is 1.91. The Bertz CT molecular complexity index is 154. The summed E-state index contributed by atoms with van der Waals surface area (Å²) in [6.45, 7) is 2.19. The molecule has 0 aliphatic carbocycles. The van der Waals surface area contributed by atoms with Crippen LogP contribution >= 0.6 is 11.8 Å². The van der Waals surface area contributed by atoms with Gasteiger partial charge in [-0.25, -0.2) is 0 Å². The van der Waals surface area contributed by atoms with E-state index in [-0.39, 0.29) is 0 Å². The minimum absolute atomic E-state index is 0.617. The molecule has 0 bridgehead atoms. The van der Waals surface area contributed by atoms with Crippen molar-refractivity contribution in [1.29, 1.82) is 0 Å². The van der Waals surface area contributed by atoms with Gasteiger partial charge in [0, 0.05) is 5.25 Å². The first-order valence-corrected chi connectivity index (χ1v) is 3.99. The van der Waals surface area contributed by atoms with Crippen LogP contribution in [0.2, 0.25) is 0 Å². The standard InChI is InChI=1S/C8H10S/c1-8-6-4-2-3-5-7-9-8/h2-8H,1H3. The molecule has 1 atom stereocenters. The lowest BCUT2D eigenvalue weighted by Gasteiger charge is -1.99. The summed E-state index contributed by atoms with van der Waals surface area (Å²) in [6, 6.07) is 0. The van der Waals surface area contributed by atoms with E-state index in [1.807, 2.05) is 23.9 Å². The molecule has 1 rings (SSSR count). The molecule has 0 fully saturated rings. The number of thioether (sulfide) groups is 1. The molecular formula is C8H10S. The minimum Gasteiger partial charge on any atom is -0.127 e. The number of hydrogen-bond acceptors (Lipinski definition) is 1. The monoisotopic (exact) mass is 138 g/mol. The van der Waals surface area contributed by atoms with Gasteiger partial charge in [0.15, 0.2) is 0 Å². The molecule has 0 spiro atoms. The van der Waals surface area contributed by atoms with E-state index in [0.717, 1.165) is 0 Å². The quantitative estimate of drug-likeness (QED) is 0.496. The molecule has 0 amide bonds. The van der Waals surface area contributed by atoms with Crippen molar-refractivity contribution in [1.82, 2.24) is 0 Å². The Morgan fingerprint density at radius 3 is 2.78 bits per heavy atom. The topological polar surface area (TPSA) is 0 Å². The van der Waals surface area contributed by atoms with Crippen molar-refractivity contribution in [3.05, 3.63) is 35.8 Å². The second-order valence-electron chi connectivity index (χ2n) is 1.94. The molecule has 1 aliphatic rings. The molecule has 0 saturated heterocycles. The first-order valence-electron chi connectivity index (χ1n) is 3.05. The van der Waals surface area contributed by atoms with Crippen LogP contribution in [0.3, 0.4) is 0 Å². The van der Waals surface area contributed by atoms with Gasteiger partial charge in [-0.05, 0) is 12.3 Å². The minimum atomic E-state index is 0.617. The van der Waals surface area contributed by atoms with Gasteiger partial charge in [-0.3, -0.25) is 0 Å². The third kappa shape index (κ3) is 2.56. The molecule has 48 valence electrons. The molecule has 0 saturated carbocycles. The smallest absolute Gasteiger partial charge is 0.0243 e. The molecule has 1 unspecified atom stereocenters. The molecule has 0 radical (unpaired) electrons. The van der Waals surface area contributed by atoms with Crippen LogP contribution in [0.25, 0.3) is 0 Å². The van der Waals surface area contributed by atoms with E-state index in [4.69, 9.17) is 0 Å². The summed E-state index contributed by atoms with van der Waals surface area (Å²) in [5, 5.41) is 2.73. The van der Waals surface area contributed by atoms with Gasteiger partial charge in [0.25, 0.3) is 0 Å². The van der Waals surface area contributed by atoms with Crippen molar-refractivity contribution in [2.75, 3.05) is 0 Å². The number of hydrogen-bond donors (Lipinski definition) is 0. The second kappa shape index (κ2) is 3.57. The Morgan fingerprint density at radius 2 is 1.89 bits per heavy atom. The van der Waals surface area contributed by atoms with Gasteiger partial charge in [0.05, 0.1) is 0 Å². The molecule has 0 aromatic heterocycles. The van der Waals surface area contributed by atoms with Gasteiger partial charge >= 0.3 is 0 Å². The second-order valence-corrected chi connectivity index (χ2v) is 3.23. The van der Waals surface area contributed by atoms with Crippen LogP contribution in [0.4, 0.5) is 0 Å². The van der Waals surface area contributed by atoms with Crippen molar-refractivity contribution in [2.45, 2.75) is 12.2 Å². The normalized spacial score (nSPS) is 25.7. The zero-order chi connectivity index (χ0) is 6.53. The van der Waals surface area contributed by atoms with Gasteiger partial charge in [0.2, 0.25) is 0 Å². The Labute approximate surface area is 60.3 Å². The van der Waals surface area contributed by atoms with Crippen LogP contribution in [0.1, 0.15) is 6.92 Å². The van der Waals surface area contributed by atoms with Crippen molar-refractivity contribution < 1.29 is 0 Å². The fourth-order valence-corrected chi connectivity index (χ4v) is 1.22. The largest absolute Gasteiger partial charge is 0.127 e. The highest BCUT2D eigenvalue weighted by atomic mass is 32.2. The average Bonchev–Trinajstić information content (AvgIpc) is 1.79. The van der Waals surface area contributed by atoms with Gasteiger partial charge in [-0.2, -0.15) is 0 Å². The molecule has 1 aliphatic heterocycles. The Morgan fingerprint density at radius 1 is 1.11 bits per heavy atom. The Balaban J connectivity index is 2.59. The maximum absolute atomic E-state index is 2.19. The molecule has 0 aromatic carbocycles. The molecule has 0 aromatic rings. The van der Waals surface area contributed by atoms with E-state index in [1.54, 1.807) is 0 Å². The van der Waals surface area contributed by atoms with E-state index < -0.39 is 0 Å². The van der Waals surface area contributed by atoms with E-state index in [0.29, 0.717) is 5.25 Å². The lowest BCUT2D eigenvalue weighted by molar-refractivity contribution is 1.25. The molecule has 9 heavy (non-hydrogen) atoms. The zero-order valence-electron chi connectivity index (χ0n) is 5.45. The summed E-state index contributed by atoms with van der Waals surface area (Å²) >= 11 is 1.83. The lowest BCUT2D eigenvalue weighted by atomic mass is 10.4. The van der Waals surface area contributed by atoms with Gasteiger partial charge in [-0.15, -0.1) is 11.8 Å². The summed E-state index contributed by atoms with van der Waals surface area (Å²) < 4.78 is 0.